The smallest absolute Gasteiger partial charge is 0.199 e. The fourth-order valence-electron chi connectivity index (χ4n) is 1.58. The molecule has 0 spiro atoms. The van der Waals surface area contributed by atoms with E-state index in [-0.39, 0.29) is 11.1 Å². The van der Waals surface area contributed by atoms with Crippen LogP contribution >= 0.6 is 0 Å². The number of benzene rings is 1. The summed E-state index contributed by atoms with van der Waals surface area (Å²) >= 11 is 0. The molecule has 0 fully saturated rings. The highest BCUT2D eigenvalue weighted by molar-refractivity contribution is 7.94. The fourth-order valence-corrected chi connectivity index (χ4v) is 4.07. The van der Waals surface area contributed by atoms with Gasteiger partial charge in [-0.1, -0.05) is 39.0 Å². The Morgan fingerprint density at radius 2 is 1.67 bits per heavy atom. The van der Waals surface area contributed by atoms with E-state index in [4.69, 9.17) is 4.43 Å². The Hall–Kier alpha value is -0.913. The van der Waals surface area contributed by atoms with Crippen molar-refractivity contribution in [3.05, 3.63) is 41.8 Å². The van der Waals surface area contributed by atoms with Crippen molar-refractivity contribution in [3.8, 4) is 0 Å². The Kier molecular flexibility index (Phi) is 5.58. The van der Waals surface area contributed by atoms with Gasteiger partial charge < -0.3 is 4.43 Å². The first-order valence-corrected chi connectivity index (χ1v) is 11.6. The highest BCUT2D eigenvalue weighted by atomic mass is 32.2. The average molecular weight is 327 g/mol. The van der Waals surface area contributed by atoms with Crippen LogP contribution < -0.4 is 0 Å². The summed E-state index contributed by atoms with van der Waals surface area (Å²) in [5, 5.41) is 1.35. The second-order valence-corrected chi connectivity index (χ2v) is 13.4. The van der Waals surface area contributed by atoms with Crippen LogP contribution in [0.4, 0.5) is 0 Å². The molecule has 0 amide bonds. The fraction of sp³-hybridized carbons (Fsp3) is 0.500. The minimum Gasteiger partial charge on any atom is -0.411 e. The lowest BCUT2D eigenvalue weighted by molar-refractivity contribution is 0.243. The van der Waals surface area contributed by atoms with Gasteiger partial charge in [-0.2, -0.15) is 0 Å². The molecule has 21 heavy (non-hydrogen) atoms. The van der Waals surface area contributed by atoms with Gasteiger partial charge in [0.15, 0.2) is 18.2 Å². The average Bonchev–Trinajstić information content (AvgIpc) is 2.36. The van der Waals surface area contributed by atoms with Crippen molar-refractivity contribution in [2.75, 3.05) is 0 Å². The van der Waals surface area contributed by atoms with Crippen LogP contribution in [-0.4, -0.2) is 22.8 Å². The van der Waals surface area contributed by atoms with E-state index >= 15 is 0 Å². The van der Waals surface area contributed by atoms with Gasteiger partial charge in [0.2, 0.25) is 0 Å². The van der Waals surface area contributed by atoms with E-state index in [1.165, 1.54) is 5.41 Å². The van der Waals surface area contributed by atoms with Crippen molar-refractivity contribution in [1.82, 2.24) is 0 Å². The van der Waals surface area contributed by atoms with Crippen LogP contribution in [-0.2, 0) is 14.3 Å². The van der Waals surface area contributed by atoms with Crippen molar-refractivity contribution in [1.29, 1.82) is 0 Å². The van der Waals surface area contributed by atoms with Gasteiger partial charge in [-0.25, -0.2) is 8.42 Å². The van der Waals surface area contributed by atoms with Crippen LogP contribution in [0.3, 0.4) is 0 Å². The van der Waals surface area contributed by atoms with Gasteiger partial charge in [-0.05, 0) is 43.3 Å². The molecular formula is C16H26O3SSi. The van der Waals surface area contributed by atoms with E-state index in [0.29, 0.717) is 4.90 Å². The van der Waals surface area contributed by atoms with Crippen molar-refractivity contribution in [2.45, 2.75) is 56.8 Å². The summed E-state index contributed by atoms with van der Waals surface area (Å²) in [5.74, 6) is 0. The molecule has 0 saturated carbocycles. The van der Waals surface area contributed by atoms with Crippen molar-refractivity contribution < 1.29 is 12.8 Å². The minimum atomic E-state index is -3.39. The topological polar surface area (TPSA) is 43.4 Å². The van der Waals surface area contributed by atoms with E-state index in [2.05, 4.69) is 33.9 Å². The molecule has 0 radical (unpaired) electrons. The molecule has 0 aliphatic carbocycles. The predicted molar refractivity (Wildman–Crippen MR) is 90.5 cm³/mol. The van der Waals surface area contributed by atoms with Gasteiger partial charge in [0.25, 0.3) is 0 Å². The first-order valence-electron chi connectivity index (χ1n) is 7.12. The molecular weight excluding hydrogens is 300 g/mol. The molecule has 0 bridgehead atoms. The molecule has 5 heteroatoms. The Morgan fingerprint density at radius 1 is 1.14 bits per heavy atom. The van der Waals surface area contributed by atoms with Crippen molar-refractivity contribution in [3.63, 3.8) is 0 Å². The van der Waals surface area contributed by atoms with Crippen LogP contribution in [0.1, 0.15) is 27.7 Å². The molecule has 0 saturated heterocycles. The molecule has 0 N–H and O–H groups in total. The van der Waals surface area contributed by atoms with Gasteiger partial charge in [-0.3, -0.25) is 0 Å². The van der Waals surface area contributed by atoms with Gasteiger partial charge in [0.05, 0.1) is 11.0 Å². The maximum absolute atomic E-state index is 12.2. The molecule has 1 atom stereocenters. The number of hydrogen-bond donors (Lipinski definition) is 0. The third-order valence-electron chi connectivity index (χ3n) is 3.89. The first kappa shape index (κ1) is 18.1. The second kappa shape index (κ2) is 6.46. The van der Waals surface area contributed by atoms with Crippen LogP contribution in [0.25, 0.3) is 0 Å². The zero-order valence-corrected chi connectivity index (χ0v) is 15.6. The zero-order valence-electron chi connectivity index (χ0n) is 13.8. The van der Waals surface area contributed by atoms with Crippen LogP contribution in [0, 0.1) is 0 Å². The molecule has 3 nitrogen and oxygen atoms in total. The lowest BCUT2D eigenvalue weighted by Crippen LogP contribution is -2.42. The standard InChI is InChI=1S/C16H26O3SSi/c1-14(19-21(5,6)16(2,3)4)12-13-20(17,18)15-10-8-7-9-11-15/h7-14H,1-6H3/b13-12+/t14-/m0/s1. The molecule has 0 unspecified atom stereocenters. The van der Waals surface area contributed by atoms with Crippen molar-refractivity contribution >= 4 is 18.2 Å². The summed E-state index contributed by atoms with van der Waals surface area (Å²) < 4.78 is 30.5. The number of sulfone groups is 1. The van der Waals surface area contributed by atoms with Crippen LogP contribution in [0.2, 0.25) is 18.1 Å². The van der Waals surface area contributed by atoms with Crippen LogP contribution in [0.5, 0.6) is 0 Å². The first-order chi connectivity index (χ1) is 9.46. The Balaban J connectivity index is 2.82. The lowest BCUT2D eigenvalue weighted by Gasteiger charge is -2.37. The molecule has 118 valence electrons. The van der Waals surface area contributed by atoms with Gasteiger partial charge >= 0.3 is 0 Å². The summed E-state index contributed by atoms with van der Waals surface area (Å²) in [6, 6.07) is 8.43. The molecule has 1 aromatic rings. The molecule has 1 rings (SSSR count). The third-order valence-corrected chi connectivity index (χ3v) is 9.91. The summed E-state index contributed by atoms with van der Waals surface area (Å²) in [5.41, 5.74) is 0. The quantitative estimate of drug-likeness (QED) is 0.754. The summed E-state index contributed by atoms with van der Waals surface area (Å²) in [6.07, 6.45) is 1.41. The Bertz CT molecular complexity index is 584. The SMILES string of the molecule is C[C@@H](/C=C/S(=O)(=O)c1ccccc1)O[Si](C)(C)C(C)(C)C. The summed E-state index contributed by atoms with van der Waals surface area (Å²) in [7, 11) is -5.28. The lowest BCUT2D eigenvalue weighted by atomic mass is 10.2. The van der Waals surface area contributed by atoms with E-state index in [9.17, 15) is 8.42 Å². The maximum Gasteiger partial charge on any atom is 0.199 e. The number of hydrogen-bond acceptors (Lipinski definition) is 3. The van der Waals surface area contributed by atoms with E-state index in [1.807, 2.05) is 6.92 Å². The monoisotopic (exact) mass is 326 g/mol. The predicted octanol–water partition coefficient (Wildman–Crippen LogP) is 4.38. The normalized spacial score (nSPS) is 15.3. The molecule has 0 aliphatic heterocycles. The highest BCUT2D eigenvalue weighted by Gasteiger charge is 2.38. The molecule has 0 aliphatic rings. The summed E-state index contributed by atoms with van der Waals surface area (Å²) in [4.78, 5) is 0.306. The molecule has 0 aromatic heterocycles. The third kappa shape index (κ3) is 5.09. The van der Waals surface area contributed by atoms with Crippen LogP contribution in [0.15, 0.2) is 46.7 Å². The second-order valence-electron chi connectivity index (χ2n) is 6.77. The molecule has 0 heterocycles. The van der Waals surface area contributed by atoms with Gasteiger partial charge in [0.1, 0.15) is 0 Å². The Labute approximate surface area is 130 Å². The van der Waals surface area contributed by atoms with Gasteiger partial charge in [0, 0.05) is 5.41 Å². The van der Waals surface area contributed by atoms with Gasteiger partial charge in [-0.15, -0.1) is 0 Å². The largest absolute Gasteiger partial charge is 0.411 e. The Morgan fingerprint density at radius 3 is 2.14 bits per heavy atom. The van der Waals surface area contributed by atoms with E-state index < -0.39 is 18.2 Å². The van der Waals surface area contributed by atoms with E-state index in [1.54, 1.807) is 36.4 Å². The van der Waals surface area contributed by atoms with E-state index in [0.717, 1.165) is 0 Å². The molecule has 1 aromatic carbocycles. The minimum absolute atomic E-state index is 0.105. The maximum atomic E-state index is 12.2. The highest BCUT2D eigenvalue weighted by Crippen LogP contribution is 2.37. The summed E-state index contributed by atoms with van der Waals surface area (Å²) in [6.45, 7) is 12.7. The van der Waals surface area contributed by atoms with Crippen molar-refractivity contribution in [2.24, 2.45) is 0 Å². The zero-order chi connectivity index (χ0) is 16.3. The number of rotatable bonds is 5.